The van der Waals surface area contributed by atoms with Crippen molar-refractivity contribution in [2.45, 2.75) is 55.9 Å². The fraction of sp³-hybridized carbons (Fsp3) is 0.184. The lowest BCUT2D eigenvalue weighted by molar-refractivity contribution is 0.195. The summed E-state index contributed by atoms with van der Waals surface area (Å²) >= 11 is 0. The molecule has 0 bridgehead atoms. The van der Waals surface area contributed by atoms with Gasteiger partial charge in [-0.2, -0.15) is 0 Å². The van der Waals surface area contributed by atoms with Gasteiger partial charge < -0.3 is 4.90 Å². The number of nitrogens with zero attached hydrogens (tertiary/aromatic N) is 1. The summed E-state index contributed by atoms with van der Waals surface area (Å²) in [7, 11) is 0. The van der Waals surface area contributed by atoms with E-state index in [1.807, 2.05) is 0 Å². The van der Waals surface area contributed by atoms with Gasteiger partial charge >= 0.3 is 0 Å². The van der Waals surface area contributed by atoms with Crippen LogP contribution in [0.4, 0.5) is 11.4 Å². The monoisotopic (exact) mass is 643 g/mol. The van der Waals surface area contributed by atoms with Gasteiger partial charge in [-0.05, 0) is 99.5 Å². The van der Waals surface area contributed by atoms with Crippen molar-refractivity contribution in [3.05, 3.63) is 192 Å². The topological polar surface area (TPSA) is 3.24 Å². The van der Waals surface area contributed by atoms with Gasteiger partial charge in [0.05, 0.1) is 11.0 Å². The lowest BCUT2D eigenvalue weighted by atomic mass is 9.61. The Balaban J connectivity index is 1.19. The summed E-state index contributed by atoms with van der Waals surface area (Å²) in [6.45, 7) is 5.09. The molecule has 1 saturated carbocycles. The van der Waals surface area contributed by atoms with E-state index in [1.165, 1.54) is 97.9 Å². The highest BCUT2D eigenvalue weighted by atomic mass is 15.3. The van der Waals surface area contributed by atoms with Crippen LogP contribution in [-0.4, -0.2) is 5.54 Å². The van der Waals surface area contributed by atoms with Crippen LogP contribution < -0.4 is 4.90 Å². The van der Waals surface area contributed by atoms with Gasteiger partial charge in [0.15, 0.2) is 0 Å². The van der Waals surface area contributed by atoms with E-state index in [-0.39, 0.29) is 11.0 Å². The van der Waals surface area contributed by atoms with Crippen molar-refractivity contribution in [3.63, 3.8) is 0 Å². The number of fused-ring (bicyclic) bond motifs is 7. The molecule has 2 unspecified atom stereocenters. The van der Waals surface area contributed by atoms with Crippen molar-refractivity contribution < 1.29 is 0 Å². The molecule has 1 aliphatic heterocycles. The molecular formula is C49H41N. The number of rotatable bonds is 4. The first-order chi connectivity index (χ1) is 24.5. The highest BCUT2D eigenvalue weighted by molar-refractivity contribution is 5.98. The minimum absolute atomic E-state index is 0.00825. The average Bonchev–Trinajstić information content (AvgIpc) is 3.58. The third-order valence-electron chi connectivity index (χ3n) is 12.9. The molecule has 1 heteroatoms. The van der Waals surface area contributed by atoms with E-state index in [4.69, 9.17) is 0 Å². The first-order valence-electron chi connectivity index (χ1n) is 18.3. The van der Waals surface area contributed by atoms with E-state index in [2.05, 4.69) is 183 Å². The summed E-state index contributed by atoms with van der Waals surface area (Å²) in [5, 5.41) is 2.63. The van der Waals surface area contributed by atoms with Gasteiger partial charge in [0.25, 0.3) is 0 Å². The van der Waals surface area contributed by atoms with Crippen molar-refractivity contribution >= 4 is 22.1 Å². The van der Waals surface area contributed by atoms with Crippen LogP contribution in [0.25, 0.3) is 33.0 Å². The molecule has 2 atom stereocenters. The minimum atomic E-state index is -0.403. The molecule has 0 radical (unpaired) electrons. The largest absolute Gasteiger partial charge is 0.334 e. The second-order valence-electron chi connectivity index (χ2n) is 15.2. The number of hydrogen-bond acceptors (Lipinski definition) is 1. The maximum Gasteiger partial charge on any atom is 0.0713 e. The van der Waals surface area contributed by atoms with Gasteiger partial charge in [-0.3, -0.25) is 0 Å². The molecule has 0 saturated heterocycles. The van der Waals surface area contributed by atoms with E-state index < -0.39 is 5.41 Å². The van der Waals surface area contributed by atoms with Gasteiger partial charge in [0, 0.05) is 22.2 Å². The Kier molecular flexibility index (Phi) is 6.37. The number of benzene rings is 7. The quantitative estimate of drug-likeness (QED) is 0.184. The summed E-state index contributed by atoms with van der Waals surface area (Å²) in [6, 6.07) is 61.7. The molecule has 1 heterocycles. The molecule has 242 valence electrons. The fourth-order valence-corrected chi connectivity index (χ4v) is 10.3. The van der Waals surface area contributed by atoms with E-state index in [9.17, 15) is 0 Å². The molecule has 0 spiro atoms. The molecule has 10 rings (SSSR count). The summed E-state index contributed by atoms with van der Waals surface area (Å²) < 4.78 is 0. The lowest BCUT2D eigenvalue weighted by Gasteiger charge is -2.50. The Labute approximate surface area is 295 Å². The summed E-state index contributed by atoms with van der Waals surface area (Å²) in [5.74, 6) is 0. The Bertz CT molecular complexity index is 2380. The summed E-state index contributed by atoms with van der Waals surface area (Å²) in [6.07, 6.45) is 4.92. The molecule has 1 nitrogen and oxygen atoms in total. The van der Waals surface area contributed by atoms with Crippen LogP contribution in [0.2, 0.25) is 0 Å². The van der Waals surface area contributed by atoms with Crippen LogP contribution in [0.1, 0.15) is 67.3 Å². The summed E-state index contributed by atoms with van der Waals surface area (Å²) in [5.41, 5.74) is 14.4. The van der Waals surface area contributed by atoms with E-state index in [0.717, 1.165) is 0 Å². The van der Waals surface area contributed by atoms with Crippen LogP contribution in [0, 0.1) is 0 Å². The smallest absolute Gasteiger partial charge is 0.0713 e. The fourth-order valence-electron chi connectivity index (χ4n) is 10.3. The van der Waals surface area contributed by atoms with E-state index in [0.29, 0.717) is 0 Å². The van der Waals surface area contributed by atoms with Crippen molar-refractivity contribution in [1.29, 1.82) is 0 Å². The Hall–Kier alpha value is -5.40. The zero-order valence-electron chi connectivity index (χ0n) is 28.9. The molecule has 7 aromatic rings. The molecule has 50 heavy (non-hydrogen) atoms. The molecule has 2 aliphatic carbocycles. The molecule has 7 aromatic carbocycles. The van der Waals surface area contributed by atoms with Gasteiger partial charge in [0.2, 0.25) is 0 Å². The third kappa shape index (κ3) is 3.84. The van der Waals surface area contributed by atoms with Crippen LogP contribution in [0.3, 0.4) is 0 Å². The van der Waals surface area contributed by atoms with Crippen molar-refractivity contribution in [3.8, 4) is 22.3 Å². The average molecular weight is 644 g/mol. The normalized spacial score (nSPS) is 21.4. The predicted octanol–water partition coefficient (Wildman–Crippen LogP) is 12.6. The third-order valence-corrected chi connectivity index (χ3v) is 12.9. The van der Waals surface area contributed by atoms with E-state index >= 15 is 0 Å². The Morgan fingerprint density at radius 3 is 1.84 bits per heavy atom. The first-order valence-corrected chi connectivity index (χ1v) is 18.3. The highest BCUT2D eigenvalue weighted by Crippen LogP contribution is 2.62. The zero-order chi connectivity index (χ0) is 33.5. The summed E-state index contributed by atoms with van der Waals surface area (Å²) in [4.78, 5) is 2.72. The standard InChI is InChI=1S/C49H41N/c1-47-30-13-14-31-48(47,2)50(45-25-15-17-34-16-9-10-22-39(34)45)46-29-27-36(33-44(46)47)35-26-28-41-40-23-11-12-24-42(40)49(43(41)32-35,37-18-5-3-6-19-37)38-20-7-4-8-21-38/h3-12,15-29,32-33H,13-14,30-31H2,1-2H3. The Morgan fingerprint density at radius 1 is 0.460 bits per heavy atom. The molecule has 1 fully saturated rings. The molecule has 0 aromatic heterocycles. The van der Waals surface area contributed by atoms with E-state index in [1.54, 1.807) is 0 Å². The maximum absolute atomic E-state index is 2.72. The molecule has 0 amide bonds. The molecular weight excluding hydrogens is 603 g/mol. The minimum Gasteiger partial charge on any atom is -0.334 e. The lowest BCUT2D eigenvalue weighted by Crippen LogP contribution is -2.54. The van der Waals surface area contributed by atoms with Gasteiger partial charge in [-0.25, -0.2) is 0 Å². The van der Waals surface area contributed by atoms with Crippen molar-refractivity contribution in [2.24, 2.45) is 0 Å². The SMILES string of the molecule is CC12CCCCC1(C)N(c1cccc3ccccc13)c1ccc(-c3ccc4c(c3)C(c3ccccc3)(c3ccccc3)c3ccccc3-4)cc12. The van der Waals surface area contributed by atoms with Crippen molar-refractivity contribution in [1.82, 2.24) is 0 Å². The van der Waals surface area contributed by atoms with Crippen LogP contribution in [0.5, 0.6) is 0 Å². The predicted molar refractivity (Wildman–Crippen MR) is 209 cm³/mol. The van der Waals surface area contributed by atoms with Crippen LogP contribution >= 0.6 is 0 Å². The first kappa shape index (κ1) is 29.5. The molecule has 0 N–H and O–H groups in total. The molecule has 3 aliphatic rings. The second kappa shape index (κ2) is 10.8. The van der Waals surface area contributed by atoms with Gasteiger partial charge in [-0.15, -0.1) is 0 Å². The maximum atomic E-state index is 2.72. The van der Waals surface area contributed by atoms with Gasteiger partial charge in [-0.1, -0.05) is 159 Å². The highest BCUT2D eigenvalue weighted by Gasteiger charge is 2.58. The van der Waals surface area contributed by atoms with Gasteiger partial charge in [0.1, 0.15) is 0 Å². The van der Waals surface area contributed by atoms with Crippen LogP contribution in [0.15, 0.2) is 164 Å². The Morgan fingerprint density at radius 2 is 1.06 bits per heavy atom. The zero-order valence-corrected chi connectivity index (χ0v) is 28.9. The van der Waals surface area contributed by atoms with Crippen molar-refractivity contribution in [2.75, 3.05) is 4.90 Å². The second-order valence-corrected chi connectivity index (χ2v) is 15.2. The number of anilines is 2. The number of hydrogen-bond donors (Lipinski definition) is 0. The van der Waals surface area contributed by atoms with Crippen LogP contribution in [-0.2, 0) is 10.8 Å².